The van der Waals surface area contributed by atoms with Crippen molar-refractivity contribution in [2.24, 2.45) is 0 Å². The molecule has 1 unspecified atom stereocenters. The molecule has 1 aliphatic heterocycles. The van der Waals surface area contributed by atoms with Crippen molar-refractivity contribution in [3.05, 3.63) is 77.5 Å². The molecule has 1 fully saturated rings. The van der Waals surface area contributed by atoms with Gasteiger partial charge in [-0.25, -0.2) is 4.68 Å². The summed E-state index contributed by atoms with van der Waals surface area (Å²) in [5.74, 6) is 0.0100. The number of hydrogen-bond donors (Lipinski definition) is 0. The molecule has 27 heavy (non-hydrogen) atoms. The second kappa shape index (κ2) is 7.76. The minimum Gasteiger partial charge on any atom is -0.337 e. The van der Waals surface area contributed by atoms with Crippen LogP contribution in [0.5, 0.6) is 0 Å². The van der Waals surface area contributed by atoms with Gasteiger partial charge in [-0.15, -0.1) is 5.10 Å². The Balaban J connectivity index is 1.39. The highest BCUT2D eigenvalue weighted by Crippen LogP contribution is 2.23. The molecule has 3 aromatic rings. The zero-order valence-corrected chi connectivity index (χ0v) is 15.5. The molecule has 5 nitrogen and oxygen atoms in total. The number of amides is 1. The summed E-state index contributed by atoms with van der Waals surface area (Å²) in [6, 6.07) is 17.5. The number of rotatable bonds is 4. The summed E-state index contributed by atoms with van der Waals surface area (Å²) in [6.45, 7) is 1.36. The summed E-state index contributed by atoms with van der Waals surface area (Å²) in [4.78, 5) is 14.3. The molecule has 0 spiro atoms. The first-order valence-corrected chi connectivity index (χ1v) is 9.27. The lowest BCUT2D eigenvalue weighted by atomic mass is 10.2. The van der Waals surface area contributed by atoms with Crippen molar-refractivity contribution in [3.8, 4) is 11.3 Å². The summed E-state index contributed by atoms with van der Waals surface area (Å²) in [7, 11) is 0. The highest BCUT2D eigenvalue weighted by atomic mass is 35.5. The van der Waals surface area contributed by atoms with Crippen LogP contribution < -0.4 is 0 Å². The van der Waals surface area contributed by atoms with Crippen LogP contribution in [-0.4, -0.2) is 38.9 Å². The molecular formula is C21H19ClN4O. The first-order chi connectivity index (χ1) is 13.2. The van der Waals surface area contributed by atoms with Crippen molar-refractivity contribution in [2.75, 3.05) is 13.1 Å². The highest BCUT2D eigenvalue weighted by Gasteiger charge is 2.27. The lowest BCUT2D eigenvalue weighted by Gasteiger charge is -2.14. The second-order valence-electron chi connectivity index (χ2n) is 6.56. The fourth-order valence-electron chi connectivity index (χ4n) is 3.20. The molecule has 2 heterocycles. The fraction of sp³-hybridized carbons (Fsp3) is 0.190. The molecule has 0 N–H and O–H groups in total. The van der Waals surface area contributed by atoms with Gasteiger partial charge < -0.3 is 4.90 Å². The molecule has 0 aliphatic carbocycles. The van der Waals surface area contributed by atoms with E-state index in [1.165, 1.54) is 0 Å². The number of nitrogens with zero attached hydrogens (tertiary/aromatic N) is 4. The van der Waals surface area contributed by atoms with E-state index < -0.39 is 0 Å². The monoisotopic (exact) mass is 378 g/mol. The minimum atomic E-state index is 0.0100. The van der Waals surface area contributed by atoms with E-state index in [1.54, 1.807) is 6.08 Å². The molecule has 2 aromatic carbocycles. The molecule has 1 amide bonds. The lowest BCUT2D eigenvalue weighted by Crippen LogP contribution is -2.27. The molecule has 0 radical (unpaired) electrons. The average molecular weight is 379 g/mol. The van der Waals surface area contributed by atoms with Crippen LogP contribution in [0, 0.1) is 0 Å². The van der Waals surface area contributed by atoms with Gasteiger partial charge in [-0.3, -0.25) is 4.79 Å². The summed E-state index contributed by atoms with van der Waals surface area (Å²) in [5, 5.41) is 9.22. The van der Waals surface area contributed by atoms with Crippen LogP contribution in [0.4, 0.5) is 0 Å². The van der Waals surface area contributed by atoms with Crippen molar-refractivity contribution in [1.29, 1.82) is 0 Å². The van der Waals surface area contributed by atoms with Gasteiger partial charge in [0.1, 0.15) is 5.69 Å². The van der Waals surface area contributed by atoms with Crippen LogP contribution in [0.15, 0.2) is 66.9 Å². The molecule has 1 aromatic heterocycles. The number of likely N-dealkylation sites (tertiary alicyclic amines) is 1. The van der Waals surface area contributed by atoms with Gasteiger partial charge in [0.25, 0.3) is 0 Å². The van der Waals surface area contributed by atoms with Crippen LogP contribution in [0.1, 0.15) is 18.0 Å². The predicted octanol–water partition coefficient (Wildman–Crippen LogP) is 4.09. The number of halogens is 1. The van der Waals surface area contributed by atoms with Gasteiger partial charge in [0, 0.05) is 29.8 Å². The van der Waals surface area contributed by atoms with Crippen LogP contribution in [0.2, 0.25) is 5.02 Å². The fourth-order valence-corrected chi connectivity index (χ4v) is 3.33. The van der Waals surface area contributed by atoms with Gasteiger partial charge in [-0.05, 0) is 30.2 Å². The molecular weight excluding hydrogens is 360 g/mol. The number of carbonyl (C=O) groups excluding carboxylic acids is 1. The van der Waals surface area contributed by atoms with Gasteiger partial charge in [0.15, 0.2) is 0 Å². The smallest absolute Gasteiger partial charge is 0.246 e. The summed E-state index contributed by atoms with van der Waals surface area (Å²) >= 11 is 5.88. The largest absolute Gasteiger partial charge is 0.337 e. The van der Waals surface area contributed by atoms with E-state index >= 15 is 0 Å². The topological polar surface area (TPSA) is 51.0 Å². The van der Waals surface area contributed by atoms with E-state index in [2.05, 4.69) is 10.3 Å². The molecule has 4 rings (SSSR count). The van der Waals surface area contributed by atoms with Crippen molar-refractivity contribution in [2.45, 2.75) is 12.5 Å². The number of hydrogen-bond acceptors (Lipinski definition) is 3. The van der Waals surface area contributed by atoms with Gasteiger partial charge >= 0.3 is 0 Å². The Hall–Kier alpha value is -2.92. The third kappa shape index (κ3) is 4.09. The first-order valence-electron chi connectivity index (χ1n) is 8.89. The summed E-state index contributed by atoms with van der Waals surface area (Å²) < 4.78 is 1.87. The summed E-state index contributed by atoms with van der Waals surface area (Å²) in [6.07, 6.45) is 6.26. The average Bonchev–Trinajstić information content (AvgIpc) is 3.37. The Kier molecular flexibility index (Phi) is 5.03. The van der Waals surface area contributed by atoms with Crippen molar-refractivity contribution < 1.29 is 4.79 Å². The molecule has 1 aliphatic rings. The standard InChI is InChI=1S/C21H19ClN4O/c22-18-9-6-16(7-10-18)8-11-21(27)25-13-12-19(14-25)26-15-20(23-24-26)17-4-2-1-3-5-17/h1-11,15,19H,12-14H2/b11-8+. The van der Waals surface area contributed by atoms with Gasteiger partial charge in [-0.1, -0.05) is 59.3 Å². The Morgan fingerprint density at radius 2 is 1.89 bits per heavy atom. The molecule has 1 atom stereocenters. The van der Waals surface area contributed by atoms with E-state index in [-0.39, 0.29) is 11.9 Å². The zero-order chi connectivity index (χ0) is 18.6. The minimum absolute atomic E-state index is 0.0100. The van der Waals surface area contributed by atoms with E-state index in [1.807, 2.05) is 76.5 Å². The normalized spacial score (nSPS) is 16.9. The van der Waals surface area contributed by atoms with Crippen molar-refractivity contribution in [3.63, 3.8) is 0 Å². The third-order valence-electron chi connectivity index (χ3n) is 4.72. The van der Waals surface area contributed by atoms with Gasteiger partial charge in [0.05, 0.1) is 12.2 Å². The Morgan fingerprint density at radius 1 is 1.11 bits per heavy atom. The quantitative estimate of drug-likeness (QED) is 0.642. The van der Waals surface area contributed by atoms with Crippen molar-refractivity contribution >= 4 is 23.6 Å². The molecule has 0 saturated carbocycles. The molecule has 1 saturated heterocycles. The summed E-state index contributed by atoms with van der Waals surface area (Å²) in [5.41, 5.74) is 2.84. The molecule has 6 heteroatoms. The SMILES string of the molecule is O=C(/C=C/c1ccc(Cl)cc1)N1CCC(n2cc(-c3ccccc3)nn2)C1. The van der Waals surface area contributed by atoms with Gasteiger partial charge in [0.2, 0.25) is 5.91 Å². The Labute approximate surface area is 162 Å². The van der Waals surface area contributed by atoms with Crippen LogP contribution in [0.25, 0.3) is 17.3 Å². The maximum absolute atomic E-state index is 12.5. The number of benzene rings is 2. The van der Waals surface area contributed by atoms with E-state index in [9.17, 15) is 4.79 Å². The van der Waals surface area contributed by atoms with Crippen LogP contribution in [0.3, 0.4) is 0 Å². The number of aromatic nitrogens is 3. The van der Waals surface area contributed by atoms with E-state index in [0.29, 0.717) is 11.6 Å². The van der Waals surface area contributed by atoms with Crippen LogP contribution in [-0.2, 0) is 4.79 Å². The van der Waals surface area contributed by atoms with E-state index in [4.69, 9.17) is 11.6 Å². The third-order valence-corrected chi connectivity index (χ3v) is 4.97. The first kappa shape index (κ1) is 17.5. The van der Waals surface area contributed by atoms with Crippen molar-refractivity contribution in [1.82, 2.24) is 19.9 Å². The predicted molar refractivity (Wildman–Crippen MR) is 106 cm³/mol. The lowest BCUT2D eigenvalue weighted by molar-refractivity contribution is -0.125. The zero-order valence-electron chi connectivity index (χ0n) is 14.7. The van der Waals surface area contributed by atoms with Gasteiger partial charge in [-0.2, -0.15) is 0 Å². The maximum Gasteiger partial charge on any atom is 0.246 e. The number of carbonyl (C=O) groups is 1. The van der Waals surface area contributed by atoms with Crippen LogP contribution >= 0.6 is 11.6 Å². The Morgan fingerprint density at radius 3 is 2.67 bits per heavy atom. The molecule has 0 bridgehead atoms. The Bertz CT molecular complexity index is 950. The molecule has 136 valence electrons. The second-order valence-corrected chi connectivity index (χ2v) is 7.00. The maximum atomic E-state index is 12.5. The highest BCUT2D eigenvalue weighted by molar-refractivity contribution is 6.30. The van der Waals surface area contributed by atoms with E-state index in [0.717, 1.165) is 29.8 Å².